The van der Waals surface area contributed by atoms with E-state index in [4.69, 9.17) is 4.74 Å². The first-order chi connectivity index (χ1) is 16.2. The first kappa shape index (κ1) is 19.8. The summed E-state index contributed by atoms with van der Waals surface area (Å²) in [6.45, 7) is 2.27. The third-order valence-corrected chi connectivity index (χ3v) is 6.27. The summed E-state index contributed by atoms with van der Waals surface area (Å²) in [4.78, 5) is 8.93. The normalized spacial score (nSPS) is 13.7. The van der Waals surface area contributed by atoms with Gasteiger partial charge in [0.05, 0.1) is 17.6 Å². The summed E-state index contributed by atoms with van der Waals surface area (Å²) in [7, 11) is 0. The molecule has 0 unspecified atom stereocenters. The Labute approximate surface area is 188 Å². The number of unbranched alkanes of at least 4 members (excludes halogenated alkanes) is 2. The van der Waals surface area contributed by atoms with Crippen molar-refractivity contribution < 1.29 is 13.5 Å². The van der Waals surface area contributed by atoms with E-state index in [1.807, 2.05) is 12.4 Å². The van der Waals surface area contributed by atoms with E-state index < -0.39 is 0 Å². The smallest absolute Gasteiger partial charge is 0.167 e. The highest BCUT2D eigenvalue weighted by Gasteiger charge is 2.18. The van der Waals surface area contributed by atoms with Crippen LogP contribution in [0.5, 0.6) is 5.75 Å². The minimum atomic E-state index is -0.297. The topological polar surface area (TPSA) is 68.4 Å². The van der Waals surface area contributed by atoms with Gasteiger partial charge >= 0.3 is 0 Å². The fourth-order valence-electron chi connectivity index (χ4n) is 4.64. The highest BCUT2D eigenvalue weighted by atomic mass is 19.1. The molecule has 0 atom stereocenters. The van der Waals surface area contributed by atoms with Gasteiger partial charge in [-0.15, -0.1) is 0 Å². The van der Waals surface area contributed by atoms with Gasteiger partial charge in [0.15, 0.2) is 5.75 Å². The number of nitrogens with one attached hydrogen (secondary N) is 3. The number of aromatic nitrogens is 2. The molecular weight excluding hydrogens is 424 g/mol. The van der Waals surface area contributed by atoms with Crippen molar-refractivity contribution in [3.05, 3.63) is 54.1 Å². The van der Waals surface area contributed by atoms with E-state index in [2.05, 4.69) is 25.4 Å². The number of nitrogens with zero attached hydrogens (tertiary/aromatic N) is 2. The molecule has 1 aliphatic heterocycles. The van der Waals surface area contributed by atoms with Gasteiger partial charge in [-0.3, -0.25) is 5.43 Å². The Hall–Kier alpha value is -3.81. The summed E-state index contributed by atoms with van der Waals surface area (Å²) >= 11 is 0. The molecule has 0 saturated carbocycles. The van der Waals surface area contributed by atoms with Crippen molar-refractivity contribution in [1.29, 1.82) is 0 Å². The summed E-state index contributed by atoms with van der Waals surface area (Å²) in [5, 5.41) is 7.28. The SMILES string of the molecule is Fc1ccc2[nH]c3c(OCCCCCN4C=NNC4)c4[nH]c5ccc(F)cc5c4cc3c2c1. The Morgan fingerprint density at radius 1 is 0.818 bits per heavy atom. The van der Waals surface area contributed by atoms with Gasteiger partial charge in [0.1, 0.15) is 24.6 Å². The van der Waals surface area contributed by atoms with Crippen molar-refractivity contribution >= 4 is 50.0 Å². The molecule has 6 rings (SSSR count). The van der Waals surface area contributed by atoms with Crippen LogP contribution < -0.4 is 10.2 Å². The third kappa shape index (κ3) is 3.51. The number of hydrogen-bond acceptors (Lipinski definition) is 4. The van der Waals surface area contributed by atoms with E-state index in [1.54, 1.807) is 12.1 Å². The van der Waals surface area contributed by atoms with Crippen molar-refractivity contribution in [2.75, 3.05) is 19.8 Å². The zero-order valence-corrected chi connectivity index (χ0v) is 17.9. The van der Waals surface area contributed by atoms with Crippen LogP contribution >= 0.6 is 0 Å². The maximum absolute atomic E-state index is 14.0. The second-order valence-electron chi connectivity index (χ2n) is 8.46. The number of ether oxygens (including phenoxy) is 1. The number of rotatable bonds is 7. The molecule has 3 heterocycles. The van der Waals surface area contributed by atoms with Crippen LogP contribution in [-0.4, -0.2) is 41.0 Å². The van der Waals surface area contributed by atoms with Crippen LogP contribution in [-0.2, 0) is 0 Å². The zero-order chi connectivity index (χ0) is 22.4. The van der Waals surface area contributed by atoms with Gasteiger partial charge in [-0.2, -0.15) is 5.10 Å². The van der Waals surface area contributed by atoms with Crippen LogP contribution in [0.3, 0.4) is 0 Å². The van der Waals surface area contributed by atoms with Gasteiger partial charge in [0, 0.05) is 39.1 Å². The monoisotopic (exact) mass is 447 g/mol. The summed E-state index contributed by atoms with van der Waals surface area (Å²) < 4.78 is 34.4. The van der Waals surface area contributed by atoms with Crippen molar-refractivity contribution in [3.63, 3.8) is 0 Å². The van der Waals surface area contributed by atoms with Gasteiger partial charge in [0.25, 0.3) is 0 Å². The van der Waals surface area contributed by atoms with Crippen molar-refractivity contribution in [2.24, 2.45) is 5.10 Å². The molecule has 0 bridgehead atoms. The lowest BCUT2D eigenvalue weighted by atomic mass is 10.1. The number of aromatic amines is 2. The van der Waals surface area contributed by atoms with Crippen LogP contribution in [0.15, 0.2) is 47.6 Å². The molecule has 33 heavy (non-hydrogen) atoms. The molecule has 6 nitrogen and oxygen atoms in total. The van der Waals surface area contributed by atoms with E-state index in [1.165, 1.54) is 24.3 Å². The second kappa shape index (κ2) is 7.95. The molecule has 8 heteroatoms. The quantitative estimate of drug-likeness (QED) is 0.285. The molecule has 168 valence electrons. The Kier molecular flexibility index (Phi) is 4.78. The summed E-state index contributed by atoms with van der Waals surface area (Å²) in [5.41, 5.74) is 6.22. The van der Waals surface area contributed by atoms with E-state index in [9.17, 15) is 8.78 Å². The molecular formula is C25H23F2N5O. The predicted octanol–water partition coefficient (Wildman–Crippen LogP) is 5.59. The zero-order valence-electron chi connectivity index (χ0n) is 17.9. The number of hydrazone groups is 1. The maximum Gasteiger partial charge on any atom is 0.167 e. The Morgan fingerprint density at radius 2 is 1.48 bits per heavy atom. The number of fused-ring (bicyclic) bond motifs is 6. The maximum atomic E-state index is 14.0. The molecule has 0 aliphatic carbocycles. The third-order valence-electron chi connectivity index (χ3n) is 6.27. The number of hydrogen-bond donors (Lipinski definition) is 3. The Bertz CT molecular complexity index is 1430. The number of halogens is 2. The van der Waals surface area contributed by atoms with Crippen molar-refractivity contribution in [2.45, 2.75) is 19.3 Å². The van der Waals surface area contributed by atoms with Crippen LogP contribution in [0.1, 0.15) is 19.3 Å². The molecule has 0 saturated heterocycles. The average molecular weight is 447 g/mol. The first-order valence-electron chi connectivity index (χ1n) is 11.2. The highest BCUT2D eigenvalue weighted by Crippen LogP contribution is 2.41. The molecule has 2 aromatic heterocycles. The fourth-order valence-corrected chi connectivity index (χ4v) is 4.64. The second-order valence-corrected chi connectivity index (χ2v) is 8.46. The van der Waals surface area contributed by atoms with Crippen LogP contribution in [0, 0.1) is 11.6 Å². The van der Waals surface area contributed by atoms with Crippen LogP contribution in [0.4, 0.5) is 8.78 Å². The van der Waals surface area contributed by atoms with Crippen molar-refractivity contribution in [1.82, 2.24) is 20.3 Å². The largest absolute Gasteiger partial charge is 0.489 e. The van der Waals surface area contributed by atoms with Crippen LogP contribution in [0.2, 0.25) is 0 Å². The van der Waals surface area contributed by atoms with E-state index in [0.29, 0.717) is 12.4 Å². The summed E-state index contributed by atoms with van der Waals surface area (Å²) in [5.74, 6) is 0.0926. The molecule has 0 fully saturated rings. The molecule has 0 spiro atoms. The van der Waals surface area contributed by atoms with E-state index >= 15 is 0 Å². The summed E-state index contributed by atoms with van der Waals surface area (Å²) in [6, 6.07) is 11.4. The Morgan fingerprint density at radius 3 is 2.09 bits per heavy atom. The van der Waals surface area contributed by atoms with E-state index in [0.717, 1.165) is 76.1 Å². The standard InChI is InChI=1S/C25H23F2N5O/c26-15-4-6-21-17(10-15)19-12-20-18-11-16(27)5-7-22(18)31-24(20)25(23(19)30-21)33-9-3-1-2-8-32-13-28-29-14-32/h4-7,10-13,29-31H,1-3,8-9,14H2. The van der Waals surface area contributed by atoms with Gasteiger partial charge in [-0.1, -0.05) is 0 Å². The first-order valence-corrected chi connectivity index (χ1v) is 11.2. The summed E-state index contributed by atoms with van der Waals surface area (Å²) in [6.07, 6.45) is 4.80. The average Bonchev–Trinajstić information content (AvgIpc) is 3.53. The minimum absolute atomic E-state index is 0.297. The molecule has 5 aromatic rings. The van der Waals surface area contributed by atoms with Gasteiger partial charge in [0.2, 0.25) is 0 Å². The fraction of sp³-hybridized carbons (Fsp3) is 0.240. The lowest BCUT2D eigenvalue weighted by molar-refractivity contribution is 0.306. The van der Waals surface area contributed by atoms with Crippen LogP contribution in [0.25, 0.3) is 43.6 Å². The van der Waals surface area contributed by atoms with Gasteiger partial charge in [-0.25, -0.2) is 8.78 Å². The highest BCUT2D eigenvalue weighted by molar-refractivity contribution is 6.20. The molecule has 0 radical (unpaired) electrons. The van der Waals surface area contributed by atoms with Crippen molar-refractivity contribution in [3.8, 4) is 5.75 Å². The molecule has 3 aromatic carbocycles. The minimum Gasteiger partial charge on any atom is -0.489 e. The number of H-pyrrole nitrogens is 2. The lowest BCUT2D eigenvalue weighted by Gasteiger charge is -2.13. The molecule has 1 aliphatic rings. The molecule has 3 N–H and O–H groups in total. The predicted molar refractivity (Wildman–Crippen MR) is 128 cm³/mol. The molecule has 0 amide bonds. The lowest BCUT2D eigenvalue weighted by Crippen LogP contribution is -2.24. The Balaban J connectivity index is 1.36. The van der Waals surface area contributed by atoms with Gasteiger partial charge < -0.3 is 19.6 Å². The van der Waals surface area contributed by atoms with E-state index in [-0.39, 0.29) is 11.6 Å². The van der Waals surface area contributed by atoms with Gasteiger partial charge in [-0.05, 0) is 61.7 Å². The number of benzene rings is 3.